The molecule has 108 valence electrons. The van der Waals surface area contributed by atoms with E-state index in [4.69, 9.17) is 14.6 Å². The van der Waals surface area contributed by atoms with Crippen molar-refractivity contribution in [2.45, 2.75) is 32.4 Å². The lowest BCUT2D eigenvalue weighted by Crippen LogP contribution is -2.34. The molecule has 1 heterocycles. The fourth-order valence-corrected chi connectivity index (χ4v) is 1.95. The average Bonchev–Trinajstić information content (AvgIpc) is 2.78. The summed E-state index contributed by atoms with van der Waals surface area (Å²) in [6.45, 7) is 3.65. The third-order valence-electron chi connectivity index (χ3n) is 2.81. The number of rotatable bonds is 5. The molecule has 0 fully saturated rings. The first-order valence-corrected chi connectivity index (χ1v) is 6.40. The van der Waals surface area contributed by atoms with Gasteiger partial charge in [-0.2, -0.15) is 0 Å². The quantitative estimate of drug-likeness (QED) is 0.839. The van der Waals surface area contributed by atoms with E-state index in [1.807, 2.05) is 13.8 Å². The Morgan fingerprint density at radius 1 is 1.50 bits per heavy atom. The molecule has 20 heavy (non-hydrogen) atoms. The number of hydrogen-bond donors (Lipinski definition) is 2. The Morgan fingerprint density at radius 2 is 2.25 bits per heavy atom. The smallest absolute Gasteiger partial charge is 0.345 e. The van der Waals surface area contributed by atoms with Crippen LogP contribution in [0.4, 0.5) is 0 Å². The first-order chi connectivity index (χ1) is 9.45. The van der Waals surface area contributed by atoms with Crippen LogP contribution in [0, 0.1) is 0 Å². The summed E-state index contributed by atoms with van der Waals surface area (Å²) >= 11 is 0. The lowest BCUT2D eigenvalue weighted by molar-refractivity contribution is -0.144. The summed E-state index contributed by atoms with van der Waals surface area (Å²) in [6.07, 6.45) is -0.497. The summed E-state index contributed by atoms with van der Waals surface area (Å²) in [6, 6.07) is 5.13. The minimum Gasteiger partial charge on any atom is -0.484 e. The van der Waals surface area contributed by atoms with Crippen LogP contribution in [0.3, 0.4) is 0 Å². The van der Waals surface area contributed by atoms with Gasteiger partial charge in [0, 0.05) is 18.5 Å². The van der Waals surface area contributed by atoms with Crippen LogP contribution in [0.5, 0.6) is 11.5 Å². The Hall–Kier alpha value is -2.24. The van der Waals surface area contributed by atoms with Crippen molar-refractivity contribution in [2.24, 2.45) is 0 Å². The highest BCUT2D eigenvalue weighted by Gasteiger charge is 2.28. The predicted molar refractivity (Wildman–Crippen MR) is 71.0 cm³/mol. The van der Waals surface area contributed by atoms with E-state index in [-0.39, 0.29) is 18.6 Å². The minimum absolute atomic E-state index is 0.0609. The van der Waals surface area contributed by atoms with Crippen LogP contribution < -0.4 is 14.8 Å². The third-order valence-corrected chi connectivity index (χ3v) is 2.81. The first-order valence-electron chi connectivity index (χ1n) is 6.40. The molecule has 1 amide bonds. The highest BCUT2D eigenvalue weighted by Crippen LogP contribution is 2.32. The van der Waals surface area contributed by atoms with E-state index in [2.05, 4.69) is 5.32 Å². The molecule has 0 bridgehead atoms. The van der Waals surface area contributed by atoms with Gasteiger partial charge in [0.1, 0.15) is 11.5 Å². The van der Waals surface area contributed by atoms with Crippen molar-refractivity contribution in [3.05, 3.63) is 23.8 Å². The van der Waals surface area contributed by atoms with E-state index in [9.17, 15) is 9.59 Å². The molecular formula is C14H17NO5. The number of aliphatic carboxylic acids is 1. The third kappa shape index (κ3) is 3.40. The number of ether oxygens (including phenoxy) is 2. The number of carbonyl (C=O) groups is 2. The Kier molecular flexibility index (Phi) is 4.12. The molecule has 0 saturated heterocycles. The summed E-state index contributed by atoms with van der Waals surface area (Å²) in [5, 5.41) is 11.6. The standard InChI is InChI=1S/C14H17NO5/c1-8(2)15-13(16)7-19-10-4-3-9-5-12(14(17)18)20-11(9)6-10/h3-4,6,8,12H,5,7H2,1-2H3,(H,15,16)(H,17,18). The van der Waals surface area contributed by atoms with Crippen molar-refractivity contribution >= 4 is 11.9 Å². The van der Waals surface area contributed by atoms with Gasteiger partial charge in [-0.3, -0.25) is 4.79 Å². The second kappa shape index (κ2) is 5.81. The molecular weight excluding hydrogens is 262 g/mol. The summed E-state index contributed by atoms with van der Waals surface area (Å²) in [4.78, 5) is 22.3. The molecule has 1 aliphatic heterocycles. The van der Waals surface area contributed by atoms with E-state index >= 15 is 0 Å². The molecule has 1 aliphatic rings. The second-order valence-electron chi connectivity index (χ2n) is 4.93. The number of benzene rings is 1. The Morgan fingerprint density at radius 3 is 2.90 bits per heavy atom. The molecule has 2 rings (SSSR count). The predicted octanol–water partition coefficient (Wildman–Crippen LogP) is 0.978. The summed E-state index contributed by atoms with van der Waals surface area (Å²) < 4.78 is 10.7. The molecule has 2 N–H and O–H groups in total. The monoisotopic (exact) mass is 279 g/mol. The van der Waals surface area contributed by atoms with Crippen molar-refractivity contribution in [1.82, 2.24) is 5.32 Å². The van der Waals surface area contributed by atoms with Crippen molar-refractivity contribution in [2.75, 3.05) is 6.61 Å². The van der Waals surface area contributed by atoms with Crippen LogP contribution in [0.15, 0.2) is 18.2 Å². The lowest BCUT2D eigenvalue weighted by atomic mass is 10.1. The van der Waals surface area contributed by atoms with Crippen molar-refractivity contribution in [1.29, 1.82) is 0 Å². The first kappa shape index (κ1) is 14.2. The largest absolute Gasteiger partial charge is 0.484 e. The molecule has 0 aromatic heterocycles. The van der Waals surface area contributed by atoms with E-state index in [1.165, 1.54) is 0 Å². The maximum Gasteiger partial charge on any atom is 0.345 e. The van der Waals surface area contributed by atoms with Crippen LogP contribution in [0.2, 0.25) is 0 Å². The van der Waals surface area contributed by atoms with Crippen LogP contribution >= 0.6 is 0 Å². The number of hydrogen-bond acceptors (Lipinski definition) is 4. The van der Waals surface area contributed by atoms with Crippen LogP contribution in [-0.4, -0.2) is 35.7 Å². The number of fused-ring (bicyclic) bond motifs is 1. The topological polar surface area (TPSA) is 84.9 Å². The summed E-state index contributed by atoms with van der Waals surface area (Å²) in [5.41, 5.74) is 0.830. The highest BCUT2D eigenvalue weighted by molar-refractivity contribution is 5.77. The lowest BCUT2D eigenvalue weighted by Gasteiger charge is -2.10. The Labute approximate surface area is 116 Å². The van der Waals surface area contributed by atoms with Gasteiger partial charge in [-0.1, -0.05) is 6.07 Å². The maximum absolute atomic E-state index is 11.5. The van der Waals surface area contributed by atoms with Crippen molar-refractivity contribution < 1.29 is 24.2 Å². The van der Waals surface area contributed by atoms with Gasteiger partial charge in [0.25, 0.3) is 5.91 Å². The molecule has 1 aromatic carbocycles. The van der Waals surface area contributed by atoms with Crippen molar-refractivity contribution in [3.8, 4) is 11.5 Å². The minimum atomic E-state index is -0.986. The maximum atomic E-state index is 11.5. The van der Waals surface area contributed by atoms with Crippen LogP contribution in [0.25, 0.3) is 0 Å². The fourth-order valence-electron chi connectivity index (χ4n) is 1.95. The molecule has 1 unspecified atom stereocenters. The van der Waals surface area contributed by atoms with Crippen LogP contribution in [0.1, 0.15) is 19.4 Å². The van der Waals surface area contributed by atoms with Gasteiger partial charge >= 0.3 is 5.97 Å². The van der Waals surface area contributed by atoms with E-state index in [0.29, 0.717) is 17.9 Å². The summed E-state index contributed by atoms with van der Waals surface area (Å²) in [5.74, 6) is -0.210. The molecule has 0 aliphatic carbocycles. The zero-order valence-corrected chi connectivity index (χ0v) is 11.4. The number of amides is 1. The molecule has 6 heteroatoms. The molecule has 1 aromatic rings. The van der Waals surface area contributed by atoms with Gasteiger partial charge in [-0.25, -0.2) is 4.79 Å². The second-order valence-corrected chi connectivity index (χ2v) is 4.93. The zero-order chi connectivity index (χ0) is 14.7. The number of carboxylic acids is 1. The van der Waals surface area contributed by atoms with E-state index in [1.54, 1.807) is 18.2 Å². The fraction of sp³-hybridized carbons (Fsp3) is 0.429. The normalized spacial score (nSPS) is 16.4. The van der Waals surface area contributed by atoms with Gasteiger partial charge in [-0.05, 0) is 25.5 Å². The highest BCUT2D eigenvalue weighted by atomic mass is 16.5. The van der Waals surface area contributed by atoms with Gasteiger partial charge in [0.15, 0.2) is 12.7 Å². The summed E-state index contributed by atoms with van der Waals surface area (Å²) in [7, 11) is 0. The molecule has 6 nitrogen and oxygen atoms in total. The number of carbonyl (C=O) groups excluding carboxylic acids is 1. The van der Waals surface area contributed by atoms with Gasteiger partial charge in [0.05, 0.1) is 0 Å². The van der Waals surface area contributed by atoms with Gasteiger partial charge in [0.2, 0.25) is 0 Å². The van der Waals surface area contributed by atoms with E-state index in [0.717, 1.165) is 5.56 Å². The molecule has 1 atom stereocenters. The van der Waals surface area contributed by atoms with Crippen LogP contribution in [-0.2, 0) is 16.0 Å². The van der Waals surface area contributed by atoms with Gasteiger partial charge < -0.3 is 19.9 Å². The van der Waals surface area contributed by atoms with Crippen molar-refractivity contribution in [3.63, 3.8) is 0 Å². The molecule has 0 spiro atoms. The number of carboxylic acid groups (broad SMARTS) is 1. The SMILES string of the molecule is CC(C)NC(=O)COc1ccc2c(c1)OC(C(=O)O)C2. The zero-order valence-electron chi connectivity index (χ0n) is 11.4. The van der Waals surface area contributed by atoms with Gasteiger partial charge in [-0.15, -0.1) is 0 Å². The molecule has 0 radical (unpaired) electrons. The molecule has 0 saturated carbocycles. The Bertz CT molecular complexity index is 526. The Balaban J connectivity index is 1.95. The number of nitrogens with one attached hydrogen (secondary N) is 1. The van der Waals surface area contributed by atoms with E-state index < -0.39 is 12.1 Å². The average molecular weight is 279 g/mol.